The van der Waals surface area contributed by atoms with Gasteiger partial charge in [0.05, 0.1) is 48.9 Å². The molecule has 230 valence electrons. The Morgan fingerprint density at radius 1 is 0.829 bits per heavy atom. The Morgan fingerprint density at radius 2 is 1.24 bits per heavy atom. The van der Waals surface area contributed by atoms with Crippen LogP contribution in [0.4, 0.5) is 0 Å². The van der Waals surface area contributed by atoms with E-state index in [0.29, 0.717) is 18.8 Å². The van der Waals surface area contributed by atoms with E-state index in [4.69, 9.17) is 13.7 Å². The number of ether oxygens (including phenoxy) is 2. The van der Waals surface area contributed by atoms with Gasteiger partial charge in [-0.05, 0) is 51.0 Å². The molecule has 2 aliphatic rings. The number of rotatable bonds is 9. The third-order valence-electron chi connectivity index (χ3n) is 7.16. The predicted octanol–water partition coefficient (Wildman–Crippen LogP) is 6.60. The fourth-order valence-corrected chi connectivity index (χ4v) is 5.34. The quantitative estimate of drug-likeness (QED) is 0.260. The third kappa shape index (κ3) is 10.1. The highest BCUT2D eigenvalue weighted by molar-refractivity contribution is 7.96. The summed E-state index contributed by atoms with van der Waals surface area (Å²) in [5.74, 6) is 0.813. The number of Topliss-reactive ketones (excluding diaryl/α,β-unsaturated/α-hetero) is 1. The number of aliphatic hydroxyl groups excluding tert-OH is 1. The van der Waals surface area contributed by atoms with Crippen LogP contribution in [0.3, 0.4) is 0 Å². The standard InChI is InChI=1S/C28H38N2O5S.C3H8.C2H6/c1-27(2,29-13-17-33-18-14-29)26(32)23-7-5-21(6-8-23)25(31)22-9-11-24(12-10-22)35-36-28(3,4)30-15-19-34-20-16-30;1-3-2;1-2/h5-12,25,31H,13-20H2,1-4H3;3H2,1-2H3;1-2H3. The van der Waals surface area contributed by atoms with Crippen molar-refractivity contribution in [3.63, 3.8) is 0 Å². The van der Waals surface area contributed by atoms with E-state index in [-0.39, 0.29) is 10.7 Å². The summed E-state index contributed by atoms with van der Waals surface area (Å²) in [6, 6.07) is 14.8. The second-order valence-corrected chi connectivity index (χ2v) is 12.3. The molecule has 2 fully saturated rings. The van der Waals surface area contributed by atoms with Crippen LogP contribution in [0.25, 0.3) is 0 Å². The number of aliphatic hydroxyl groups is 1. The normalized spacial score (nSPS) is 17.4. The van der Waals surface area contributed by atoms with E-state index >= 15 is 0 Å². The molecule has 2 aromatic carbocycles. The highest BCUT2D eigenvalue weighted by Crippen LogP contribution is 2.33. The lowest BCUT2D eigenvalue weighted by Gasteiger charge is -2.39. The average Bonchev–Trinajstić information content (AvgIpc) is 3.02. The van der Waals surface area contributed by atoms with Gasteiger partial charge in [0.25, 0.3) is 0 Å². The van der Waals surface area contributed by atoms with Crippen LogP contribution < -0.4 is 4.18 Å². The first-order valence-electron chi connectivity index (χ1n) is 15.0. The molecule has 2 aliphatic heterocycles. The molecule has 2 heterocycles. The maximum atomic E-state index is 13.2. The number of morpholine rings is 2. The maximum absolute atomic E-state index is 13.2. The molecule has 1 N–H and O–H groups in total. The van der Waals surface area contributed by atoms with Crippen molar-refractivity contribution in [2.75, 3.05) is 52.6 Å². The fraction of sp³-hybridized carbons (Fsp3) is 0.606. The van der Waals surface area contributed by atoms with Gasteiger partial charge in [-0.2, -0.15) is 0 Å². The molecule has 0 radical (unpaired) electrons. The topological polar surface area (TPSA) is 71.5 Å². The second-order valence-electron chi connectivity index (χ2n) is 11.0. The number of carbonyl (C=O) groups is 1. The molecule has 0 saturated carbocycles. The summed E-state index contributed by atoms with van der Waals surface area (Å²) in [6.45, 7) is 22.6. The Labute approximate surface area is 252 Å². The van der Waals surface area contributed by atoms with Crippen LogP contribution in [-0.4, -0.2) is 83.7 Å². The number of nitrogens with zero attached hydrogens (tertiary/aromatic N) is 2. The molecule has 0 amide bonds. The number of hydrogen-bond donors (Lipinski definition) is 1. The fourth-order valence-electron chi connectivity index (χ4n) is 4.64. The van der Waals surface area contributed by atoms with Crippen molar-refractivity contribution in [1.29, 1.82) is 0 Å². The zero-order chi connectivity index (χ0) is 30.5. The molecular formula is C33H52N2O5S. The van der Waals surface area contributed by atoms with Gasteiger partial charge in [-0.1, -0.05) is 70.5 Å². The Bertz CT molecular complexity index is 1010. The minimum atomic E-state index is -0.784. The van der Waals surface area contributed by atoms with Gasteiger partial charge in [-0.15, -0.1) is 0 Å². The minimum Gasteiger partial charge on any atom is -0.424 e. The second kappa shape index (κ2) is 17.2. The minimum absolute atomic E-state index is 0.0736. The van der Waals surface area contributed by atoms with Crippen LogP contribution >= 0.6 is 12.0 Å². The molecule has 2 saturated heterocycles. The van der Waals surface area contributed by atoms with Crippen LogP contribution in [0.5, 0.6) is 5.75 Å². The van der Waals surface area contributed by atoms with Gasteiger partial charge in [-0.25, -0.2) is 0 Å². The van der Waals surface area contributed by atoms with Gasteiger partial charge < -0.3 is 18.8 Å². The first-order chi connectivity index (χ1) is 19.6. The third-order valence-corrected chi connectivity index (χ3v) is 8.10. The molecular weight excluding hydrogens is 536 g/mol. The van der Waals surface area contributed by atoms with E-state index in [0.717, 1.165) is 56.3 Å². The summed E-state index contributed by atoms with van der Waals surface area (Å²) >= 11 is 1.43. The molecule has 0 spiro atoms. The molecule has 7 nitrogen and oxygen atoms in total. The van der Waals surface area contributed by atoms with Crippen LogP contribution in [0, 0.1) is 0 Å². The maximum Gasteiger partial charge on any atom is 0.182 e. The van der Waals surface area contributed by atoms with E-state index in [9.17, 15) is 9.90 Å². The van der Waals surface area contributed by atoms with Crippen molar-refractivity contribution in [3.05, 3.63) is 65.2 Å². The van der Waals surface area contributed by atoms with Gasteiger partial charge >= 0.3 is 0 Å². The van der Waals surface area contributed by atoms with Crippen LogP contribution in [-0.2, 0) is 9.47 Å². The summed E-state index contributed by atoms with van der Waals surface area (Å²) < 4.78 is 16.9. The molecule has 4 rings (SSSR count). The highest BCUT2D eigenvalue weighted by Gasteiger charge is 2.36. The predicted molar refractivity (Wildman–Crippen MR) is 170 cm³/mol. The van der Waals surface area contributed by atoms with Crippen molar-refractivity contribution in [2.24, 2.45) is 0 Å². The van der Waals surface area contributed by atoms with E-state index in [1.807, 2.05) is 76.2 Å². The average molecular weight is 589 g/mol. The molecule has 0 aromatic heterocycles. The molecule has 41 heavy (non-hydrogen) atoms. The van der Waals surface area contributed by atoms with Crippen LogP contribution in [0.15, 0.2) is 48.5 Å². The zero-order valence-electron chi connectivity index (χ0n) is 26.4. The summed E-state index contributed by atoms with van der Waals surface area (Å²) in [5.41, 5.74) is 1.56. The van der Waals surface area contributed by atoms with Gasteiger partial charge in [0.1, 0.15) is 11.9 Å². The van der Waals surface area contributed by atoms with Crippen molar-refractivity contribution in [3.8, 4) is 5.75 Å². The zero-order valence-corrected chi connectivity index (χ0v) is 27.3. The van der Waals surface area contributed by atoms with Crippen molar-refractivity contribution < 1.29 is 23.6 Å². The smallest absolute Gasteiger partial charge is 0.182 e. The van der Waals surface area contributed by atoms with Gasteiger partial charge in [-0.3, -0.25) is 14.6 Å². The lowest BCUT2D eigenvalue weighted by molar-refractivity contribution is -0.00430. The highest BCUT2D eigenvalue weighted by atomic mass is 32.2. The molecule has 1 unspecified atom stereocenters. The lowest BCUT2D eigenvalue weighted by atomic mass is 9.89. The van der Waals surface area contributed by atoms with Crippen molar-refractivity contribution >= 4 is 17.8 Å². The Morgan fingerprint density at radius 3 is 1.71 bits per heavy atom. The molecule has 1 atom stereocenters. The van der Waals surface area contributed by atoms with Gasteiger partial charge in [0.2, 0.25) is 0 Å². The molecule has 8 heteroatoms. The Hall–Kier alpha value is -1.94. The largest absolute Gasteiger partial charge is 0.424 e. The van der Waals surface area contributed by atoms with E-state index in [2.05, 4.69) is 37.5 Å². The van der Waals surface area contributed by atoms with Crippen LogP contribution in [0.2, 0.25) is 0 Å². The number of ketones is 1. The van der Waals surface area contributed by atoms with Crippen molar-refractivity contribution in [1.82, 2.24) is 9.80 Å². The summed E-state index contributed by atoms with van der Waals surface area (Å²) in [6.07, 6.45) is 0.466. The van der Waals surface area contributed by atoms with E-state index in [1.165, 1.54) is 18.5 Å². The summed E-state index contributed by atoms with van der Waals surface area (Å²) in [5, 5.41) is 10.9. The summed E-state index contributed by atoms with van der Waals surface area (Å²) in [7, 11) is 0. The number of hydrogen-bond acceptors (Lipinski definition) is 8. The monoisotopic (exact) mass is 588 g/mol. The first kappa shape index (κ1) is 35.3. The molecule has 0 aliphatic carbocycles. The number of benzene rings is 2. The van der Waals surface area contributed by atoms with Gasteiger partial charge in [0.15, 0.2) is 5.78 Å². The molecule has 2 aromatic rings. The van der Waals surface area contributed by atoms with Crippen molar-refractivity contribution in [2.45, 2.75) is 78.3 Å². The Kier molecular flexibility index (Phi) is 14.8. The van der Waals surface area contributed by atoms with E-state index < -0.39 is 11.6 Å². The van der Waals surface area contributed by atoms with Crippen LogP contribution in [0.1, 0.15) is 89.4 Å². The van der Waals surface area contributed by atoms with E-state index in [1.54, 1.807) is 0 Å². The molecule has 0 bridgehead atoms. The lowest BCUT2D eigenvalue weighted by Crippen LogP contribution is -2.54. The van der Waals surface area contributed by atoms with Gasteiger partial charge in [0, 0.05) is 31.7 Å². The first-order valence-corrected chi connectivity index (χ1v) is 15.8. The Balaban J connectivity index is 0.00000110. The SMILES string of the molecule is CC.CC(C)(SOc1ccc(C(O)c2ccc(C(=O)C(C)(C)N3CCOCC3)cc2)cc1)N1CCOCC1.CCC. The number of carbonyl (C=O) groups excluding carboxylic acids is 1. The summed E-state index contributed by atoms with van der Waals surface area (Å²) in [4.78, 5) is 17.6.